The van der Waals surface area contributed by atoms with Crippen molar-refractivity contribution in [1.29, 1.82) is 0 Å². The fourth-order valence-corrected chi connectivity index (χ4v) is 5.09. The first kappa shape index (κ1) is 29.0. The molecule has 1 aliphatic heterocycles. The van der Waals surface area contributed by atoms with Gasteiger partial charge in [0.1, 0.15) is 5.70 Å². The summed E-state index contributed by atoms with van der Waals surface area (Å²) in [6.07, 6.45) is 1.62. The molecule has 5 rings (SSSR count). The first-order valence-corrected chi connectivity index (χ1v) is 14.6. The highest BCUT2D eigenvalue weighted by molar-refractivity contribution is 9.10. The highest BCUT2D eigenvalue weighted by atomic mass is 79.9. The van der Waals surface area contributed by atoms with E-state index < -0.39 is 11.8 Å². The summed E-state index contributed by atoms with van der Waals surface area (Å²) in [4.78, 5) is 39.7. The van der Waals surface area contributed by atoms with Crippen LogP contribution in [0.3, 0.4) is 0 Å². The molecule has 10 heteroatoms. The molecule has 8 nitrogen and oxygen atoms in total. The molecule has 3 N–H and O–H groups in total. The molecule has 0 fully saturated rings. The summed E-state index contributed by atoms with van der Waals surface area (Å²) in [5.74, 6) is 0.221. The van der Waals surface area contributed by atoms with Crippen molar-refractivity contribution in [2.24, 2.45) is 0 Å². The van der Waals surface area contributed by atoms with Crippen LogP contribution in [0.4, 0.5) is 11.4 Å². The Balaban J connectivity index is 1.22. The van der Waals surface area contributed by atoms with Gasteiger partial charge in [0, 0.05) is 32.4 Å². The second-order valence-electron chi connectivity index (χ2n) is 9.23. The Labute approximate surface area is 255 Å². The number of fused-ring (bicyclic) bond motifs is 1. The molecule has 0 saturated heterocycles. The van der Waals surface area contributed by atoms with E-state index in [2.05, 4.69) is 31.9 Å². The largest absolute Gasteiger partial charge is 0.454 e. The molecule has 1 atom stereocenters. The minimum atomic E-state index is -0.473. The van der Waals surface area contributed by atoms with Crippen molar-refractivity contribution < 1.29 is 23.9 Å². The Morgan fingerprint density at radius 3 is 2.26 bits per heavy atom. The Morgan fingerprint density at radius 1 is 0.833 bits per heavy atom. The van der Waals surface area contributed by atoms with Crippen LogP contribution in [-0.2, 0) is 9.59 Å². The lowest BCUT2D eigenvalue weighted by atomic mass is 10.1. The molecule has 212 valence electrons. The maximum absolute atomic E-state index is 13.3. The molecule has 0 radical (unpaired) electrons. The lowest BCUT2D eigenvalue weighted by Gasteiger charge is -2.14. The van der Waals surface area contributed by atoms with Gasteiger partial charge in [-0.3, -0.25) is 14.4 Å². The molecule has 0 bridgehead atoms. The van der Waals surface area contributed by atoms with Gasteiger partial charge in [0.2, 0.25) is 12.7 Å². The van der Waals surface area contributed by atoms with Crippen molar-refractivity contribution in [2.45, 2.75) is 17.1 Å². The van der Waals surface area contributed by atoms with Gasteiger partial charge in [0.05, 0.1) is 5.25 Å². The summed E-state index contributed by atoms with van der Waals surface area (Å²) >= 11 is 4.79. The Bertz CT molecular complexity index is 1630. The summed E-state index contributed by atoms with van der Waals surface area (Å²) in [5, 5.41) is 8.09. The zero-order valence-electron chi connectivity index (χ0n) is 22.4. The Kier molecular flexibility index (Phi) is 9.25. The van der Waals surface area contributed by atoms with Gasteiger partial charge in [0.15, 0.2) is 11.5 Å². The fraction of sp³-hybridized carbons (Fsp3) is 0.0938. The highest BCUT2D eigenvalue weighted by Crippen LogP contribution is 2.34. The van der Waals surface area contributed by atoms with Crippen LogP contribution in [0.25, 0.3) is 6.08 Å². The number of carbonyl (C=O) groups is 3. The van der Waals surface area contributed by atoms with Crippen LogP contribution >= 0.6 is 27.7 Å². The van der Waals surface area contributed by atoms with Crippen LogP contribution in [0.5, 0.6) is 11.5 Å². The summed E-state index contributed by atoms with van der Waals surface area (Å²) in [5.41, 5.74) is 2.44. The van der Waals surface area contributed by atoms with Crippen LogP contribution in [-0.4, -0.2) is 29.8 Å². The molecule has 1 aliphatic rings. The summed E-state index contributed by atoms with van der Waals surface area (Å²) in [6.45, 7) is 1.98. The van der Waals surface area contributed by atoms with E-state index in [-0.39, 0.29) is 23.6 Å². The monoisotopic (exact) mass is 643 g/mol. The lowest BCUT2D eigenvalue weighted by molar-refractivity contribution is -0.115. The van der Waals surface area contributed by atoms with Gasteiger partial charge in [-0.2, -0.15) is 0 Å². The van der Waals surface area contributed by atoms with Gasteiger partial charge < -0.3 is 25.4 Å². The second kappa shape index (κ2) is 13.4. The normalized spacial score (nSPS) is 12.8. The van der Waals surface area contributed by atoms with Gasteiger partial charge in [0.25, 0.3) is 11.8 Å². The van der Waals surface area contributed by atoms with Gasteiger partial charge in [-0.1, -0.05) is 46.3 Å². The van der Waals surface area contributed by atoms with Crippen LogP contribution in [0.1, 0.15) is 22.8 Å². The van der Waals surface area contributed by atoms with Crippen molar-refractivity contribution >= 4 is 62.9 Å². The van der Waals surface area contributed by atoms with E-state index in [0.717, 1.165) is 14.9 Å². The molecule has 0 aromatic heterocycles. The quantitative estimate of drug-likeness (QED) is 0.138. The number of ether oxygens (including phenoxy) is 2. The minimum Gasteiger partial charge on any atom is -0.454 e. The number of thioether (sulfide) groups is 1. The molecule has 4 aromatic carbocycles. The van der Waals surface area contributed by atoms with E-state index in [1.807, 2.05) is 49.4 Å². The van der Waals surface area contributed by atoms with Crippen LogP contribution < -0.4 is 25.4 Å². The standard InChI is InChI=1S/C32H26BrN3O5S/c1-20(30(37)35-25-13-16-28-29(18-25)41-19-40-28)42-26-14-11-24(12-15-26)34-32(39)27(17-21-7-9-23(33)10-8-21)36-31(38)22-5-3-2-4-6-22/h2-18,20H,19H2,1H3,(H,34,39)(H,35,37)(H,36,38)/b27-17-. The summed E-state index contributed by atoms with van der Waals surface area (Å²) < 4.78 is 11.6. The number of anilines is 2. The average molecular weight is 645 g/mol. The maximum Gasteiger partial charge on any atom is 0.272 e. The molecule has 4 aromatic rings. The molecule has 0 saturated carbocycles. The number of hydrogen-bond donors (Lipinski definition) is 3. The third-order valence-corrected chi connectivity index (χ3v) is 7.78. The van der Waals surface area contributed by atoms with E-state index in [9.17, 15) is 14.4 Å². The third kappa shape index (κ3) is 7.59. The van der Waals surface area contributed by atoms with E-state index in [1.54, 1.807) is 60.7 Å². The van der Waals surface area contributed by atoms with Crippen molar-refractivity contribution in [3.63, 3.8) is 0 Å². The highest BCUT2D eigenvalue weighted by Gasteiger charge is 2.19. The van der Waals surface area contributed by atoms with Gasteiger partial charge >= 0.3 is 0 Å². The average Bonchev–Trinajstić information content (AvgIpc) is 3.47. The smallest absolute Gasteiger partial charge is 0.272 e. The van der Waals surface area contributed by atoms with E-state index in [1.165, 1.54) is 11.8 Å². The fourth-order valence-electron chi connectivity index (χ4n) is 3.96. The first-order valence-electron chi connectivity index (χ1n) is 13.0. The summed E-state index contributed by atoms with van der Waals surface area (Å²) in [7, 11) is 0. The van der Waals surface area contributed by atoms with Crippen LogP contribution in [0.15, 0.2) is 112 Å². The third-order valence-electron chi connectivity index (χ3n) is 6.14. The SMILES string of the molecule is CC(Sc1ccc(NC(=O)/C(=C/c2ccc(Br)cc2)NC(=O)c2ccccc2)cc1)C(=O)Nc1ccc2c(c1)OCO2. The molecule has 1 unspecified atom stereocenters. The van der Waals surface area contributed by atoms with Crippen molar-refractivity contribution in [3.8, 4) is 11.5 Å². The van der Waals surface area contributed by atoms with Crippen LogP contribution in [0, 0.1) is 0 Å². The predicted octanol–water partition coefficient (Wildman–Crippen LogP) is 6.71. The van der Waals surface area contributed by atoms with E-state index >= 15 is 0 Å². The van der Waals surface area contributed by atoms with E-state index in [0.29, 0.717) is 28.4 Å². The molecule has 0 spiro atoms. The molecule has 1 heterocycles. The molecular weight excluding hydrogens is 618 g/mol. The number of carbonyl (C=O) groups excluding carboxylic acids is 3. The molecular formula is C32H26BrN3O5S. The second-order valence-corrected chi connectivity index (χ2v) is 11.6. The van der Waals surface area contributed by atoms with Crippen molar-refractivity contribution in [2.75, 3.05) is 17.4 Å². The van der Waals surface area contributed by atoms with Gasteiger partial charge in [-0.25, -0.2) is 0 Å². The zero-order chi connectivity index (χ0) is 29.5. The number of hydrogen-bond acceptors (Lipinski definition) is 6. The Hall–Kier alpha value is -4.54. The van der Waals surface area contributed by atoms with Gasteiger partial charge in [-0.05, 0) is 79.2 Å². The number of benzene rings is 4. The van der Waals surface area contributed by atoms with Gasteiger partial charge in [-0.15, -0.1) is 11.8 Å². The minimum absolute atomic E-state index is 0.0958. The maximum atomic E-state index is 13.3. The summed E-state index contributed by atoms with van der Waals surface area (Å²) in [6, 6.07) is 28.5. The molecule has 3 amide bonds. The zero-order valence-corrected chi connectivity index (χ0v) is 24.8. The number of rotatable bonds is 9. The molecule has 0 aliphatic carbocycles. The van der Waals surface area contributed by atoms with E-state index in [4.69, 9.17) is 9.47 Å². The topological polar surface area (TPSA) is 106 Å². The Morgan fingerprint density at radius 2 is 1.52 bits per heavy atom. The number of nitrogens with one attached hydrogen (secondary N) is 3. The lowest BCUT2D eigenvalue weighted by Crippen LogP contribution is -2.30. The number of amides is 3. The predicted molar refractivity (Wildman–Crippen MR) is 168 cm³/mol. The molecule has 42 heavy (non-hydrogen) atoms. The first-order chi connectivity index (χ1) is 20.3. The number of halogens is 1. The van der Waals surface area contributed by atoms with Crippen molar-refractivity contribution in [1.82, 2.24) is 5.32 Å². The van der Waals surface area contributed by atoms with Crippen molar-refractivity contribution in [3.05, 3.63) is 118 Å². The van der Waals surface area contributed by atoms with Crippen LogP contribution in [0.2, 0.25) is 0 Å².